The molecule has 0 fully saturated rings. The highest BCUT2D eigenvalue weighted by atomic mass is 16.3. The molecule has 8 aromatic carbocycles. The topological polar surface area (TPSA) is 13.1 Å². The molecule has 0 spiro atoms. The summed E-state index contributed by atoms with van der Waals surface area (Å²) in [4.78, 5) is 0. The maximum Gasteiger partial charge on any atom is 0.135 e. The fraction of sp³-hybridized carbons (Fsp3) is 0. The third-order valence-corrected chi connectivity index (χ3v) is 8.30. The Balaban J connectivity index is 1.35. The van der Waals surface area contributed by atoms with Crippen LogP contribution < -0.4 is 0 Å². The molecule has 1 heterocycles. The summed E-state index contributed by atoms with van der Waals surface area (Å²) in [6.07, 6.45) is 0. The zero-order valence-corrected chi connectivity index (χ0v) is 22.9. The molecular formula is C42H26O. The lowest BCUT2D eigenvalue weighted by Crippen LogP contribution is -1.91. The van der Waals surface area contributed by atoms with Crippen molar-refractivity contribution in [1.29, 1.82) is 0 Å². The van der Waals surface area contributed by atoms with Crippen LogP contribution >= 0.6 is 0 Å². The van der Waals surface area contributed by atoms with Gasteiger partial charge >= 0.3 is 0 Å². The van der Waals surface area contributed by atoms with Crippen LogP contribution in [0, 0.1) is 0 Å². The predicted molar refractivity (Wildman–Crippen MR) is 183 cm³/mol. The van der Waals surface area contributed by atoms with E-state index in [-0.39, 0.29) is 57.7 Å². The Morgan fingerprint density at radius 2 is 0.953 bits per heavy atom. The quantitative estimate of drug-likeness (QED) is 0.198. The first kappa shape index (κ1) is 18.0. The van der Waals surface area contributed by atoms with E-state index in [0.717, 1.165) is 54.6 Å². The Morgan fingerprint density at radius 3 is 1.65 bits per heavy atom. The second-order valence-electron chi connectivity index (χ2n) is 10.7. The summed E-state index contributed by atoms with van der Waals surface area (Å²) in [6, 6.07) is 36.9. The van der Waals surface area contributed by atoms with Gasteiger partial charge in [0.15, 0.2) is 0 Å². The fourth-order valence-corrected chi connectivity index (χ4v) is 6.35. The molecule has 0 saturated heterocycles. The molecule has 0 aliphatic heterocycles. The smallest absolute Gasteiger partial charge is 0.135 e. The summed E-state index contributed by atoms with van der Waals surface area (Å²) in [7, 11) is 0. The van der Waals surface area contributed by atoms with Gasteiger partial charge in [-0.15, -0.1) is 0 Å². The summed E-state index contributed by atoms with van der Waals surface area (Å²) in [5.41, 5.74) is 4.96. The van der Waals surface area contributed by atoms with Crippen LogP contribution in [-0.2, 0) is 0 Å². The molecule has 43 heavy (non-hydrogen) atoms. The van der Waals surface area contributed by atoms with E-state index in [2.05, 4.69) is 48.5 Å². The molecule has 0 radical (unpaired) electrons. The molecule has 200 valence electrons. The van der Waals surface area contributed by atoms with E-state index in [4.69, 9.17) is 11.3 Å². The summed E-state index contributed by atoms with van der Waals surface area (Å²) in [5, 5.41) is 5.82. The van der Waals surface area contributed by atoms with Crippen molar-refractivity contribution in [2.24, 2.45) is 0 Å². The zero-order valence-electron chi connectivity index (χ0n) is 29.9. The van der Waals surface area contributed by atoms with E-state index in [9.17, 15) is 2.74 Å². The van der Waals surface area contributed by atoms with Crippen molar-refractivity contribution in [1.82, 2.24) is 0 Å². The van der Waals surface area contributed by atoms with E-state index in [1.165, 1.54) is 0 Å². The third-order valence-electron chi connectivity index (χ3n) is 8.30. The molecule has 9 aromatic rings. The lowest BCUT2D eigenvalue weighted by Gasteiger charge is -2.18. The van der Waals surface area contributed by atoms with Gasteiger partial charge in [-0.05, 0) is 96.0 Å². The van der Waals surface area contributed by atoms with Crippen LogP contribution in [0.15, 0.2) is 162 Å². The minimum atomic E-state index is -0.455. The monoisotopic (exact) mass is 553 g/mol. The van der Waals surface area contributed by atoms with Crippen molar-refractivity contribution in [2.45, 2.75) is 0 Å². The maximum absolute atomic E-state index is 9.53. The Labute approximate surface area is 259 Å². The molecule has 0 N–H and O–H groups in total. The predicted octanol–water partition coefficient (Wildman–Crippen LogP) is 12.0. The standard InChI is InChI=1S/C42H26O/c1-2-10-27(11-3-1)28-18-19-30-25-31(21-20-29(30)24-28)41-34-13-4-6-15-36(34)42(37-16-7-5-14-35(37)41)32-22-23-40-38(26-32)33-12-8-9-17-39(33)43-40/h1-26H/i8D,9D,12D,17D,22D,23D,26D. The number of benzene rings is 8. The van der Waals surface area contributed by atoms with Crippen LogP contribution in [0.3, 0.4) is 0 Å². The summed E-state index contributed by atoms with van der Waals surface area (Å²) in [5.74, 6) is 0. The molecule has 0 bridgehead atoms. The van der Waals surface area contributed by atoms with Crippen LogP contribution in [0.4, 0.5) is 0 Å². The van der Waals surface area contributed by atoms with Gasteiger partial charge in [-0.1, -0.05) is 127 Å². The fourth-order valence-electron chi connectivity index (χ4n) is 6.35. The zero-order chi connectivity index (χ0) is 34.4. The number of hydrogen-bond acceptors (Lipinski definition) is 1. The van der Waals surface area contributed by atoms with Gasteiger partial charge in [0.25, 0.3) is 0 Å². The van der Waals surface area contributed by atoms with Gasteiger partial charge in [0.05, 0.1) is 9.60 Å². The first-order chi connectivity index (χ1) is 24.2. The van der Waals surface area contributed by atoms with Crippen LogP contribution in [0.5, 0.6) is 0 Å². The van der Waals surface area contributed by atoms with Crippen LogP contribution in [-0.4, -0.2) is 0 Å². The largest absolute Gasteiger partial charge is 0.456 e. The molecule has 0 aliphatic carbocycles. The Bertz CT molecular complexity index is 2840. The lowest BCUT2D eigenvalue weighted by molar-refractivity contribution is 0.669. The van der Waals surface area contributed by atoms with E-state index in [1.807, 2.05) is 66.7 Å². The van der Waals surface area contributed by atoms with E-state index >= 15 is 0 Å². The molecule has 0 aliphatic rings. The number of furan rings is 1. The first-order valence-corrected chi connectivity index (χ1v) is 14.2. The molecule has 0 atom stereocenters. The number of rotatable bonds is 3. The van der Waals surface area contributed by atoms with Gasteiger partial charge in [0, 0.05) is 10.8 Å². The molecular weight excluding hydrogens is 520 g/mol. The van der Waals surface area contributed by atoms with Gasteiger partial charge in [0.1, 0.15) is 11.2 Å². The maximum atomic E-state index is 9.53. The Kier molecular flexibility index (Phi) is 3.95. The Morgan fingerprint density at radius 1 is 0.395 bits per heavy atom. The number of hydrogen-bond donors (Lipinski definition) is 0. The van der Waals surface area contributed by atoms with Gasteiger partial charge in [0.2, 0.25) is 0 Å². The van der Waals surface area contributed by atoms with Crippen LogP contribution in [0.2, 0.25) is 0 Å². The van der Waals surface area contributed by atoms with Crippen molar-refractivity contribution in [3.8, 4) is 33.4 Å². The summed E-state index contributed by atoms with van der Waals surface area (Å²) >= 11 is 0. The average molecular weight is 554 g/mol. The Hall–Kier alpha value is -5.66. The molecule has 0 unspecified atom stereocenters. The van der Waals surface area contributed by atoms with Crippen molar-refractivity contribution >= 4 is 54.3 Å². The first-order valence-electron chi connectivity index (χ1n) is 17.7. The van der Waals surface area contributed by atoms with E-state index in [1.54, 1.807) is 0 Å². The van der Waals surface area contributed by atoms with Crippen molar-refractivity contribution in [3.63, 3.8) is 0 Å². The summed E-state index contributed by atoms with van der Waals surface area (Å²) in [6.45, 7) is 0. The van der Waals surface area contributed by atoms with Gasteiger partial charge in [-0.25, -0.2) is 0 Å². The van der Waals surface area contributed by atoms with Crippen LogP contribution in [0.1, 0.15) is 9.60 Å². The highest BCUT2D eigenvalue weighted by molar-refractivity contribution is 6.22. The summed E-state index contributed by atoms with van der Waals surface area (Å²) < 4.78 is 67.2. The number of fused-ring (bicyclic) bond motifs is 6. The van der Waals surface area contributed by atoms with E-state index in [0.29, 0.717) is 5.56 Å². The third kappa shape index (κ3) is 3.79. The minimum Gasteiger partial charge on any atom is -0.456 e. The molecule has 1 nitrogen and oxygen atoms in total. The van der Waals surface area contributed by atoms with Crippen molar-refractivity contribution < 1.29 is 14.0 Å². The highest BCUT2D eigenvalue weighted by Crippen LogP contribution is 2.45. The van der Waals surface area contributed by atoms with Crippen LogP contribution in [0.25, 0.3) is 87.6 Å². The van der Waals surface area contributed by atoms with Gasteiger partial charge < -0.3 is 4.42 Å². The number of para-hydroxylation sites is 1. The normalized spacial score (nSPS) is 14.0. The van der Waals surface area contributed by atoms with Crippen molar-refractivity contribution in [3.05, 3.63) is 158 Å². The van der Waals surface area contributed by atoms with Crippen molar-refractivity contribution in [2.75, 3.05) is 0 Å². The van der Waals surface area contributed by atoms with Gasteiger partial charge in [-0.2, -0.15) is 0 Å². The minimum absolute atomic E-state index is 0.0440. The SMILES string of the molecule is [2H]c1c([2H])c([2H])c2c(oc3c([2H])c([2H])c(-c4c5ccccc5c(-c5ccc6cc(-c7ccccc7)ccc6c5)c5ccccc45)c([2H])c32)c1[2H]. The molecule has 0 saturated carbocycles. The molecule has 9 rings (SSSR count). The van der Waals surface area contributed by atoms with E-state index < -0.39 is 12.1 Å². The second-order valence-corrected chi connectivity index (χ2v) is 10.7. The molecule has 0 amide bonds. The van der Waals surface area contributed by atoms with Gasteiger partial charge in [-0.3, -0.25) is 0 Å². The lowest BCUT2D eigenvalue weighted by atomic mass is 9.85. The molecule has 1 heteroatoms. The molecule has 1 aromatic heterocycles. The second kappa shape index (κ2) is 9.44. The highest BCUT2D eigenvalue weighted by Gasteiger charge is 2.18. The average Bonchev–Trinajstić information content (AvgIpc) is 3.57.